The number of hydrogen-bond acceptors (Lipinski definition) is 9. The fraction of sp³-hybridized carbons (Fsp3) is 0.387. The van der Waals surface area contributed by atoms with Crippen LogP contribution >= 0.6 is 0 Å². The number of carboxylic acids is 4. The minimum absolute atomic E-state index is 0.165. The van der Waals surface area contributed by atoms with Gasteiger partial charge in [0.25, 0.3) is 11.5 Å². The number of carbonyl (C=O) groups is 7. The molecule has 0 aliphatic heterocycles. The molecule has 2 heterocycles. The molecular weight excluding hydrogens is 667 g/mol. The number of amides is 3. The zero-order chi connectivity index (χ0) is 37.1. The summed E-state index contributed by atoms with van der Waals surface area (Å²) in [5, 5.41) is 43.6. The van der Waals surface area contributed by atoms with Crippen molar-refractivity contribution in [2.75, 3.05) is 0 Å². The molecule has 3 atom stereocenters. The maximum Gasteiger partial charge on any atom is 0.326 e. The lowest BCUT2D eigenvalue weighted by Crippen LogP contribution is -2.45. The highest BCUT2D eigenvalue weighted by Crippen LogP contribution is 2.18. The van der Waals surface area contributed by atoms with Crippen LogP contribution in [-0.4, -0.2) is 95.1 Å². The van der Waals surface area contributed by atoms with E-state index in [0.29, 0.717) is 22.4 Å². The van der Waals surface area contributed by atoms with E-state index in [1.54, 1.807) is 13.1 Å². The minimum Gasteiger partial charge on any atom is -0.481 e. The zero-order valence-corrected chi connectivity index (χ0v) is 26.6. The van der Waals surface area contributed by atoms with Gasteiger partial charge in [-0.05, 0) is 62.3 Å². The highest BCUT2D eigenvalue weighted by Gasteiger charge is 2.26. The summed E-state index contributed by atoms with van der Waals surface area (Å²) < 4.78 is 14.9. The van der Waals surface area contributed by atoms with Gasteiger partial charge in [-0.3, -0.25) is 24.0 Å². The maximum atomic E-state index is 14.9. The number of fused-ring (bicyclic) bond motifs is 1. The van der Waals surface area contributed by atoms with Gasteiger partial charge in [0.15, 0.2) is 0 Å². The van der Waals surface area contributed by atoms with Crippen molar-refractivity contribution in [3.05, 3.63) is 63.1 Å². The molecule has 0 aliphatic carbocycles. The van der Waals surface area contributed by atoms with E-state index < -0.39 is 104 Å². The summed E-state index contributed by atoms with van der Waals surface area (Å²) >= 11 is 0. The first-order valence-corrected chi connectivity index (χ1v) is 15.2. The van der Waals surface area contributed by atoms with Crippen LogP contribution in [0.25, 0.3) is 11.0 Å². The van der Waals surface area contributed by atoms with E-state index in [-0.39, 0.29) is 29.5 Å². The molecular formula is C31H35FN6O12. The second-order valence-corrected chi connectivity index (χ2v) is 11.3. The summed E-state index contributed by atoms with van der Waals surface area (Å²) in [6.07, 6.45) is -0.980. The number of aryl methyl sites for hydroxylation is 3. The van der Waals surface area contributed by atoms with E-state index in [2.05, 4.69) is 30.9 Å². The van der Waals surface area contributed by atoms with Gasteiger partial charge < -0.3 is 46.3 Å². The number of carboxylic acid groups (broad SMARTS) is 4. The zero-order valence-electron chi connectivity index (χ0n) is 26.6. The van der Waals surface area contributed by atoms with Gasteiger partial charge in [0, 0.05) is 31.0 Å². The molecule has 3 amide bonds. The summed E-state index contributed by atoms with van der Waals surface area (Å²) in [7, 11) is 0. The molecule has 268 valence electrons. The average Bonchev–Trinajstić information content (AvgIpc) is 3.44. The predicted molar refractivity (Wildman–Crippen MR) is 169 cm³/mol. The molecule has 0 bridgehead atoms. The number of nitrogens with zero attached hydrogens (tertiary/aromatic N) is 1. The summed E-state index contributed by atoms with van der Waals surface area (Å²) in [5.41, 5.74) is 0.688. The molecule has 0 fully saturated rings. The van der Waals surface area contributed by atoms with E-state index in [0.717, 1.165) is 6.07 Å². The van der Waals surface area contributed by atoms with Gasteiger partial charge in [-0.2, -0.15) is 0 Å². The maximum absolute atomic E-state index is 14.9. The van der Waals surface area contributed by atoms with Crippen molar-refractivity contribution in [2.24, 2.45) is 0 Å². The number of rotatable bonds is 19. The van der Waals surface area contributed by atoms with Crippen molar-refractivity contribution in [1.82, 2.24) is 30.9 Å². The lowest BCUT2D eigenvalue weighted by Gasteiger charge is -2.18. The van der Waals surface area contributed by atoms with E-state index in [9.17, 15) is 53.0 Å². The molecule has 0 saturated heterocycles. The third-order valence-corrected chi connectivity index (χ3v) is 7.56. The monoisotopic (exact) mass is 702 g/mol. The van der Waals surface area contributed by atoms with Crippen LogP contribution in [0.4, 0.5) is 4.39 Å². The van der Waals surface area contributed by atoms with Gasteiger partial charge in [-0.1, -0.05) is 6.07 Å². The van der Waals surface area contributed by atoms with Crippen LogP contribution in [-0.2, 0) is 41.6 Å². The standard InChI is InChI=1S/C31H35FN6O12/c1-14-34-26-25(28(44)35-14)17(13-33-26)5-3-15-2-4-16(12-18(15)32)27(43)38-21(31(49)50)7-10-23(40)36-19(29(45)46)6-9-22(39)37-20(30(47)48)8-11-24(41)42/h2,4,12-13,19-21H,3,5-11H2,1H3,(H,36,40)(H,37,39)(H,38,43)(H,41,42)(H,45,46)(H,47,48)(H,49,50)(H2,33,34,35,44)/t19-,20-,21-/m0/s1. The lowest BCUT2D eigenvalue weighted by molar-refractivity contribution is -0.144. The number of aromatic nitrogens is 3. The van der Waals surface area contributed by atoms with Gasteiger partial charge in [0.05, 0.1) is 5.39 Å². The van der Waals surface area contributed by atoms with Crippen LogP contribution in [0, 0.1) is 12.7 Å². The largest absolute Gasteiger partial charge is 0.481 e. The summed E-state index contributed by atoms with van der Waals surface area (Å²) in [6.45, 7) is 1.63. The Labute approximate surface area is 281 Å². The van der Waals surface area contributed by atoms with Gasteiger partial charge >= 0.3 is 23.9 Å². The minimum atomic E-state index is -1.62. The number of H-pyrrole nitrogens is 2. The molecule has 3 aromatic rings. The lowest BCUT2D eigenvalue weighted by atomic mass is 10.0. The Morgan fingerprint density at radius 3 is 1.82 bits per heavy atom. The molecule has 1 aromatic carbocycles. The van der Waals surface area contributed by atoms with Crippen LogP contribution in [0.1, 0.15) is 65.8 Å². The highest BCUT2D eigenvalue weighted by atomic mass is 19.1. The van der Waals surface area contributed by atoms with Crippen LogP contribution in [0.2, 0.25) is 0 Å². The Morgan fingerprint density at radius 1 is 0.780 bits per heavy atom. The third-order valence-electron chi connectivity index (χ3n) is 7.56. The topological polar surface area (TPSA) is 298 Å². The molecule has 0 radical (unpaired) electrons. The summed E-state index contributed by atoms with van der Waals surface area (Å²) in [4.78, 5) is 105. The van der Waals surface area contributed by atoms with Gasteiger partial charge in [-0.15, -0.1) is 0 Å². The first-order valence-electron chi connectivity index (χ1n) is 15.2. The van der Waals surface area contributed by atoms with Crippen LogP contribution in [0.3, 0.4) is 0 Å². The Kier molecular flexibility index (Phi) is 13.3. The Hall–Kier alpha value is -6.14. The van der Waals surface area contributed by atoms with E-state index in [4.69, 9.17) is 10.2 Å². The van der Waals surface area contributed by atoms with Crippen molar-refractivity contribution in [3.63, 3.8) is 0 Å². The van der Waals surface area contributed by atoms with Crippen molar-refractivity contribution < 1.29 is 58.4 Å². The number of aliphatic carboxylic acids is 4. The molecule has 19 heteroatoms. The Morgan fingerprint density at radius 2 is 1.30 bits per heavy atom. The normalized spacial score (nSPS) is 12.8. The molecule has 0 spiro atoms. The summed E-state index contributed by atoms with van der Waals surface area (Å²) in [6, 6.07) is -1.22. The molecule has 2 aromatic heterocycles. The second-order valence-electron chi connectivity index (χ2n) is 11.3. The number of halogens is 1. The molecule has 50 heavy (non-hydrogen) atoms. The summed E-state index contributed by atoms with van der Waals surface area (Å²) in [5.74, 6) is -8.94. The molecule has 0 aliphatic rings. The van der Waals surface area contributed by atoms with E-state index in [1.165, 1.54) is 12.1 Å². The van der Waals surface area contributed by atoms with Crippen molar-refractivity contribution in [1.29, 1.82) is 0 Å². The van der Waals surface area contributed by atoms with E-state index >= 15 is 0 Å². The highest BCUT2D eigenvalue weighted by molar-refractivity contribution is 5.97. The number of nitrogens with one attached hydrogen (secondary N) is 5. The molecule has 0 unspecified atom stereocenters. The fourth-order valence-corrected chi connectivity index (χ4v) is 4.94. The van der Waals surface area contributed by atoms with Gasteiger partial charge in [-0.25, -0.2) is 23.8 Å². The van der Waals surface area contributed by atoms with Crippen molar-refractivity contribution in [2.45, 2.75) is 76.4 Å². The molecule has 18 nitrogen and oxygen atoms in total. The number of carbonyl (C=O) groups excluding carboxylic acids is 3. The SMILES string of the molecule is Cc1nc2[nH]cc(CCc3ccc(C(=O)N[C@@H](CCC(=O)N[C@@H](CCC(=O)N[C@@H](CCC(=O)O)C(=O)O)C(=O)O)C(=O)O)cc3F)c2c(=O)[nH]1. The fourth-order valence-electron chi connectivity index (χ4n) is 4.94. The quantitative estimate of drug-likeness (QED) is 0.0809. The third kappa shape index (κ3) is 11.0. The predicted octanol–water partition coefficient (Wildman–Crippen LogP) is 0.231. The number of hydrogen-bond donors (Lipinski definition) is 9. The smallest absolute Gasteiger partial charge is 0.326 e. The van der Waals surface area contributed by atoms with Gasteiger partial charge in [0.2, 0.25) is 11.8 Å². The Bertz CT molecular complexity index is 1850. The Balaban J connectivity index is 1.53. The molecule has 0 saturated carbocycles. The van der Waals surface area contributed by atoms with Crippen molar-refractivity contribution >= 4 is 52.6 Å². The van der Waals surface area contributed by atoms with Crippen LogP contribution in [0.15, 0.2) is 29.2 Å². The second kappa shape index (κ2) is 17.3. The number of benzene rings is 1. The molecule has 3 rings (SSSR count). The van der Waals surface area contributed by atoms with E-state index in [1.807, 2.05) is 0 Å². The molecule has 9 N–H and O–H groups in total. The van der Waals surface area contributed by atoms with Crippen molar-refractivity contribution in [3.8, 4) is 0 Å². The van der Waals surface area contributed by atoms with Gasteiger partial charge in [0.1, 0.15) is 35.4 Å². The first kappa shape index (κ1) is 38.3. The number of aromatic amines is 2. The van der Waals surface area contributed by atoms with Crippen LogP contribution in [0.5, 0.6) is 0 Å². The average molecular weight is 703 g/mol. The van der Waals surface area contributed by atoms with Crippen LogP contribution < -0.4 is 21.5 Å². The first-order chi connectivity index (χ1) is 23.5.